The molecule has 1 aliphatic rings. The maximum atomic E-state index is 13.6. The van der Waals surface area contributed by atoms with Gasteiger partial charge in [0.05, 0.1) is 6.61 Å². The second-order valence-corrected chi connectivity index (χ2v) is 9.17. The predicted octanol–water partition coefficient (Wildman–Crippen LogP) is 2.34. The average Bonchev–Trinajstić information content (AvgIpc) is 3.32. The van der Waals surface area contributed by atoms with Gasteiger partial charge < -0.3 is 19.5 Å². The zero-order valence-electron chi connectivity index (χ0n) is 19.8. The standard InChI is InChI=1S/C25H30N2O7S/c1-3-33-25(32)19(10-9-17-7-5-4-6-8-17)26-20(15-34-16(2)28)23(29)27-13-11-21-18(12-14-35-21)22(27)24(30)31/h4-8,12,14,19-20,22,26H,3,9-11,13,15H2,1-2H3,(H,30,31)/t19-,20+,22-/m1/s1. The van der Waals surface area contributed by atoms with E-state index in [0.717, 1.165) is 10.4 Å². The van der Waals surface area contributed by atoms with Crippen molar-refractivity contribution in [2.45, 2.75) is 51.2 Å². The fourth-order valence-electron chi connectivity index (χ4n) is 4.12. The number of esters is 2. The molecule has 2 aromatic rings. The maximum Gasteiger partial charge on any atom is 0.331 e. The van der Waals surface area contributed by atoms with Crippen LogP contribution in [-0.2, 0) is 41.5 Å². The smallest absolute Gasteiger partial charge is 0.331 e. The Morgan fingerprint density at radius 1 is 1.14 bits per heavy atom. The first kappa shape index (κ1) is 26.4. The van der Waals surface area contributed by atoms with E-state index in [1.165, 1.54) is 23.2 Å². The molecule has 1 aromatic heterocycles. The molecule has 1 aromatic carbocycles. The van der Waals surface area contributed by atoms with Gasteiger partial charge >= 0.3 is 17.9 Å². The van der Waals surface area contributed by atoms with Crippen molar-refractivity contribution in [2.75, 3.05) is 19.8 Å². The Kier molecular flexibility index (Phi) is 9.39. The normalized spacial score (nSPS) is 16.6. The van der Waals surface area contributed by atoms with Gasteiger partial charge in [-0.2, -0.15) is 0 Å². The predicted molar refractivity (Wildman–Crippen MR) is 129 cm³/mol. The lowest BCUT2D eigenvalue weighted by molar-refractivity contribution is -0.155. The zero-order valence-corrected chi connectivity index (χ0v) is 20.6. The minimum absolute atomic E-state index is 0.166. The van der Waals surface area contributed by atoms with Gasteiger partial charge in [-0.1, -0.05) is 30.3 Å². The van der Waals surface area contributed by atoms with Gasteiger partial charge in [-0.3, -0.25) is 19.7 Å². The Balaban J connectivity index is 1.83. The second kappa shape index (κ2) is 12.5. The number of hydrogen-bond donors (Lipinski definition) is 2. The van der Waals surface area contributed by atoms with E-state index in [9.17, 15) is 24.3 Å². The minimum Gasteiger partial charge on any atom is -0.479 e. The summed E-state index contributed by atoms with van der Waals surface area (Å²) >= 11 is 1.46. The van der Waals surface area contributed by atoms with Gasteiger partial charge in [0.1, 0.15) is 18.7 Å². The lowest BCUT2D eigenvalue weighted by Crippen LogP contribution is -2.57. The number of nitrogens with one attached hydrogen (secondary N) is 1. The number of carboxylic acids is 1. The van der Waals surface area contributed by atoms with Crippen molar-refractivity contribution in [3.05, 3.63) is 57.8 Å². The van der Waals surface area contributed by atoms with E-state index >= 15 is 0 Å². The Morgan fingerprint density at radius 2 is 1.89 bits per heavy atom. The first-order valence-corrected chi connectivity index (χ1v) is 12.4. The number of ether oxygens (including phenoxy) is 2. The van der Waals surface area contributed by atoms with E-state index < -0.39 is 41.9 Å². The molecule has 2 N–H and O–H groups in total. The fraction of sp³-hybridized carbons (Fsp3) is 0.440. The molecule has 35 heavy (non-hydrogen) atoms. The molecule has 0 aliphatic carbocycles. The molecule has 1 amide bonds. The number of hydrogen-bond acceptors (Lipinski definition) is 8. The number of aliphatic carboxylic acids is 1. The van der Waals surface area contributed by atoms with Crippen LogP contribution in [0.2, 0.25) is 0 Å². The first-order chi connectivity index (χ1) is 16.8. The summed E-state index contributed by atoms with van der Waals surface area (Å²) < 4.78 is 10.3. The molecule has 3 rings (SSSR count). The van der Waals surface area contributed by atoms with E-state index in [4.69, 9.17) is 9.47 Å². The SMILES string of the molecule is CCOC(=O)[C@@H](CCc1ccccc1)N[C@@H](COC(C)=O)C(=O)N1CCc2sccc2[C@@H]1C(=O)O. The van der Waals surface area contributed by atoms with Crippen molar-refractivity contribution in [2.24, 2.45) is 0 Å². The number of thiophene rings is 1. The summed E-state index contributed by atoms with van der Waals surface area (Å²) in [6.07, 6.45) is 1.41. The number of carboxylic acid groups (broad SMARTS) is 1. The Labute approximate surface area is 208 Å². The largest absolute Gasteiger partial charge is 0.479 e. The Hall–Kier alpha value is -3.24. The van der Waals surface area contributed by atoms with E-state index in [1.54, 1.807) is 13.0 Å². The molecule has 1 aliphatic heterocycles. The van der Waals surface area contributed by atoms with E-state index in [1.807, 2.05) is 35.7 Å². The number of nitrogens with zero attached hydrogens (tertiary/aromatic N) is 1. The number of aryl methyl sites for hydroxylation is 1. The highest BCUT2D eigenvalue weighted by molar-refractivity contribution is 7.10. The minimum atomic E-state index is -1.15. The molecule has 0 fully saturated rings. The summed E-state index contributed by atoms with van der Waals surface area (Å²) in [7, 11) is 0. The van der Waals surface area contributed by atoms with Crippen LogP contribution < -0.4 is 5.32 Å². The molecule has 10 heteroatoms. The van der Waals surface area contributed by atoms with Crippen molar-refractivity contribution < 1.29 is 33.8 Å². The molecular weight excluding hydrogens is 472 g/mol. The first-order valence-electron chi connectivity index (χ1n) is 11.5. The maximum absolute atomic E-state index is 13.6. The third-order valence-electron chi connectivity index (χ3n) is 5.77. The van der Waals surface area contributed by atoms with Gasteiger partial charge in [0.15, 0.2) is 6.04 Å². The third kappa shape index (κ3) is 6.89. The summed E-state index contributed by atoms with van der Waals surface area (Å²) in [6, 6.07) is 8.16. The molecule has 3 atom stereocenters. The van der Waals surface area contributed by atoms with E-state index in [2.05, 4.69) is 5.32 Å². The highest BCUT2D eigenvalue weighted by atomic mass is 32.1. The van der Waals surface area contributed by atoms with Crippen LogP contribution in [0.3, 0.4) is 0 Å². The van der Waals surface area contributed by atoms with Crippen LogP contribution in [0.15, 0.2) is 41.8 Å². The van der Waals surface area contributed by atoms with Crippen molar-refractivity contribution >= 4 is 35.2 Å². The summed E-state index contributed by atoms with van der Waals surface area (Å²) in [5, 5.41) is 14.7. The van der Waals surface area contributed by atoms with Gasteiger partial charge in [-0.25, -0.2) is 4.79 Å². The van der Waals surface area contributed by atoms with Crippen LogP contribution in [0.4, 0.5) is 0 Å². The lowest BCUT2D eigenvalue weighted by atomic mass is 9.98. The van der Waals surface area contributed by atoms with Crippen LogP contribution in [-0.4, -0.2) is 65.7 Å². The number of amides is 1. The molecule has 0 radical (unpaired) electrons. The van der Waals surface area contributed by atoms with Gasteiger partial charge in [0.2, 0.25) is 5.91 Å². The Morgan fingerprint density at radius 3 is 2.54 bits per heavy atom. The molecule has 188 valence electrons. The van der Waals surface area contributed by atoms with Crippen LogP contribution >= 0.6 is 11.3 Å². The monoisotopic (exact) mass is 502 g/mol. The summed E-state index contributed by atoms with van der Waals surface area (Å²) in [5.41, 5.74) is 1.60. The molecule has 0 saturated carbocycles. The molecule has 0 unspecified atom stereocenters. The van der Waals surface area contributed by atoms with Crippen LogP contribution in [0.5, 0.6) is 0 Å². The summed E-state index contributed by atoms with van der Waals surface area (Å²) in [5.74, 6) is -2.81. The molecule has 0 bridgehead atoms. The van der Waals surface area contributed by atoms with Gasteiger partial charge in [-0.05, 0) is 48.8 Å². The average molecular weight is 503 g/mol. The number of benzene rings is 1. The molecule has 2 heterocycles. The van der Waals surface area contributed by atoms with Crippen LogP contribution in [0, 0.1) is 0 Å². The highest BCUT2D eigenvalue weighted by Crippen LogP contribution is 2.34. The van der Waals surface area contributed by atoms with Gasteiger partial charge in [0.25, 0.3) is 0 Å². The second-order valence-electron chi connectivity index (χ2n) is 8.17. The number of fused-ring (bicyclic) bond motifs is 1. The number of rotatable bonds is 11. The van der Waals surface area contributed by atoms with Crippen molar-refractivity contribution in [3.63, 3.8) is 0 Å². The van der Waals surface area contributed by atoms with Crippen molar-refractivity contribution in [3.8, 4) is 0 Å². The van der Waals surface area contributed by atoms with Crippen LogP contribution in [0.1, 0.15) is 42.3 Å². The van der Waals surface area contributed by atoms with Crippen LogP contribution in [0.25, 0.3) is 0 Å². The van der Waals surface area contributed by atoms with Crippen molar-refractivity contribution in [1.82, 2.24) is 10.2 Å². The van der Waals surface area contributed by atoms with Gasteiger partial charge in [-0.15, -0.1) is 11.3 Å². The van der Waals surface area contributed by atoms with E-state index in [0.29, 0.717) is 24.8 Å². The van der Waals surface area contributed by atoms with Gasteiger partial charge in [0, 0.05) is 18.3 Å². The quantitative estimate of drug-likeness (QED) is 0.449. The number of carbonyl (C=O) groups excluding carboxylic acids is 3. The molecular formula is C25H30N2O7S. The summed E-state index contributed by atoms with van der Waals surface area (Å²) in [4.78, 5) is 52.2. The van der Waals surface area contributed by atoms with E-state index in [-0.39, 0.29) is 19.8 Å². The lowest BCUT2D eigenvalue weighted by Gasteiger charge is -2.36. The summed E-state index contributed by atoms with van der Waals surface area (Å²) in [6.45, 7) is 2.94. The zero-order chi connectivity index (χ0) is 25.4. The van der Waals surface area contributed by atoms with Crippen molar-refractivity contribution in [1.29, 1.82) is 0 Å². The topological polar surface area (TPSA) is 122 Å². The third-order valence-corrected chi connectivity index (χ3v) is 6.77. The Bertz CT molecular complexity index is 1040. The fourth-order valence-corrected chi connectivity index (χ4v) is 5.03. The molecule has 0 spiro atoms. The molecule has 0 saturated heterocycles. The number of carbonyl (C=O) groups is 4. The highest BCUT2D eigenvalue weighted by Gasteiger charge is 2.40. The molecule has 9 nitrogen and oxygen atoms in total.